The topological polar surface area (TPSA) is 39.7 Å². The van der Waals surface area contributed by atoms with Crippen LogP contribution in [0.3, 0.4) is 0 Å². The summed E-state index contributed by atoms with van der Waals surface area (Å²) in [6.45, 7) is 7.87. The molecule has 0 unspecified atom stereocenters. The summed E-state index contributed by atoms with van der Waals surface area (Å²) in [6.07, 6.45) is 1.93. The van der Waals surface area contributed by atoms with Gasteiger partial charge in [-0.3, -0.25) is 0 Å². The highest BCUT2D eigenvalue weighted by atomic mass is 35.5. The van der Waals surface area contributed by atoms with Gasteiger partial charge in [0, 0.05) is 36.4 Å². The monoisotopic (exact) mass is 315 g/mol. The molecular formula is C16H26ClNO3. The van der Waals surface area contributed by atoms with E-state index in [-0.39, 0.29) is 0 Å². The normalized spacial score (nSPS) is 10.7. The maximum Gasteiger partial charge on any atom is 0.165 e. The Hall–Kier alpha value is -0.970. The zero-order valence-electron chi connectivity index (χ0n) is 13.2. The molecule has 21 heavy (non-hydrogen) atoms. The zero-order chi connectivity index (χ0) is 15.5. The Morgan fingerprint density at radius 1 is 1.19 bits per heavy atom. The first-order valence-electron chi connectivity index (χ1n) is 7.50. The van der Waals surface area contributed by atoms with Gasteiger partial charge in [-0.2, -0.15) is 0 Å². The van der Waals surface area contributed by atoms with Crippen molar-refractivity contribution in [2.24, 2.45) is 0 Å². The first kappa shape index (κ1) is 18.1. The molecule has 0 aliphatic rings. The van der Waals surface area contributed by atoms with Crippen molar-refractivity contribution in [1.29, 1.82) is 0 Å². The Morgan fingerprint density at radius 3 is 2.67 bits per heavy atom. The van der Waals surface area contributed by atoms with Crippen LogP contribution in [0, 0.1) is 0 Å². The molecule has 1 aromatic rings. The van der Waals surface area contributed by atoms with Gasteiger partial charge in [-0.05, 0) is 32.4 Å². The molecule has 0 aromatic heterocycles. The Kier molecular flexibility index (Phi) is 9.22. The van der Waals surface area contributed by atoms with Gasteiger partial charge in [0.25, 0.3) is 0 Å². The van der Waals surface area contributed by atoms with Crippen LogP contribution in [-0.4, -0.2) is 33.5 Å². The molecular weight excluding hydrogens is 290 g/mol. The van der Waals surface area contributed by atoms with Gasteiger partial charge in [-0.25, -0.2) is 0 Å². The van der Waals surface area contributed by atoms with E-state index < -0.39 is 0 Å². The fourth-order valence-electron chi connectivity index (χ4n) is 1.94. The second kappa shape index (κ2) is 10.7. The summed E-state index contributed by atoms with van der Waals surface area (Å²) in [5.74, 6) is 1.46. The fourth-order valence-corrected chi connectivity index (χ4v) is 2.17. The molecule has 4 nitrogen and oxygen atoms in total. The third kappa shape index (κ3) is 6.55. The van der Waals surface area contributed by atoms with Crippen LogP contribution in [0.5, 0.6) is 11.5 Å². The first-order valence-corrected chi connectivity index (χ1v) is 7.88. The summed E-state index contributed by atoms with van der Waals surface area (Å²) >= 11 is 6.13. The van der Waals surface area contributed by atoms with Crippen molar-refractivity contribution < 1.29 is 14.2 Å². The molecule has 0 heterocycles. The first-order chi connectivity index (χ1) is 10.2. The second-order valence-corrected chi connectivity index (χ2v) is 5.11. The van der Waals surface area contributed by atoms with Gasteiger partial charge < -0.3 is 19.5 Å². The van der Waals surface area contributed by atoms with E-state index in [0.29, 0.717) is 23.9 Å². The highest BCUT2D eigenvalue weighted by Crippen LogP contribution is 2.34. The Bertz CT molecular complexity index is 413. The van der Waals surface area contributed by atoms with E-state index in [1.807, 2.05) is 13.0 Å². The molecule has 0 radical (unpaired) electrons. The quantitative estimate of drug-likeness (QED) is 0.633. The lowest BCUT2D eigenvalue weighted by molar-refractivity contribution is 0.144. The van der Waals surface area contributed by atoms with Crippen molar-refractivity contribution in [3.63, 3.8) is 0 Å². The lowest BCUT2D eigenvalue weighted by Crippen LogP contribution is -2.17. The molecule has 5 heteroatoms. The van der Waals surface area contributed by atoms with E-state index in [1.165, 1.54) is 0 Å². The number of methoxy groups -OCH3 is 1. The fraction of sp³-hybridized carbons (Fsp3) is 0.625. The van der Waals surface area contributed by atoms with E-state index in [4.69, 9.17) is 25.8 Å². The Balaban J connectivity index is 2.63. The van der Waals surface area contributed by atoms with Crippen molar-refractivity contribution >= 4 is 11.6 Å². The van der Waals surface area contributed by atoms with Crippen LogP contribution >= 0.6 is 11.6 Å². The number of hydrogen-bond donors (Lipinski definition) is 1. The van der Waals surface area contributed by atoms with Crippen LogP contribution in [0.25, 0.3) is 0 Å². The van der Waals surface area contributed by atoms with Crippen LogP contribution < -0.4 is 14.8 Å². The minimum Gasteiger partial charge on any atom is -0.493 e. The van der Waals surface area contributed by atoms with Crippen molar-refractivity contribution in [2.75, 3.05) is 33.5 Å². The molecule has 1 aromatic carbocycles. The maximum absolute atomic E-state index is 6.13. The van der Waals surface area contributed by atoms with Crippen LogP contribution in [0.15, 0.2) is 12.1 Å². The summed E-state index contributed by atoms with van der Waals surface area (Å²) in [5, 5.41) is 4.04. The zero-order valence-corrected chi connectivity index (χ0v) is 14.0. The molecule has 0 saturated carbocycles. The number of nitrogens with one attached hydrogen (secondary N) is 1. The van der Waals surface area contributed by atoms with Crippen molar-refractivity contribution in [1.82, 2.24) is 5.32 Å². The van der Waals surface area contributed by atoms with Crippen molar-refractivity contribution in [3.8, 4) is 11.5 Å². The molecule has 1 N–H and O–H groups in total. The molecule has 1 rings (SSSR count). The van der Waals surface area contributed by atoms with Crippen molar-refractivity contribution in [2.45, 2.75) is 33.2 Å². The summed E-state index contributed by atoms with van der Waals surface area (Å²) in [5.41, 5.74) is 1.02. The van der Waals surface area contributed by atoms with Crippen molar-refractivity contribution in [3.05, 3.63) is 22.7 Å². The van der Waals surface area contributed by atoms with Crippen LogP contribution in [0.2, 0.25) is 5.02 Å². The smallest absolute Gasteiger partial charge is 0.165 e. The number of halogens is 1. The molecule has 0 bridgehead atoms. The van der Waals surface area contributed by atoms with E-state index in [2.05, 4.69) is 12.2 Å². The highest BCUT2D eigenvalue weighted by molar-refractivity contribution is 6.30. The summed E-state index contributed by atoms with van der Waals surface area (Å²) in [6, 6.07) is 3.70. The van der Waals surface area contributed by atoms with E-state index in [0.717, 1.165) is 43.9 Å². The van der Waals surface area contributed by atoms with Gasteiger partial charge in [0.15, 0.2) is 11.5 Å². The van der Waals surface area contributed by atoms with Crippen LogP contribution in [0.1, 0.15) is 32.3 Å². The summed E-state index contributed by atoms with van der Waals surface area (Å²) < 4.78 is 16.5. The van der Waals surface area contributed by atoms with E-state index in [9.17, 15) is 0 Å². The minimum atomic E-state index is 0.654. The largest absolute Gasteiger partial charge is 0.493 e. The molecule has 0 atom stereocenters. The standard InChI is InChI=1S/C16H26ClNO3/c1-4-8-21-16-13(10-14(17)11-15(16)19-3)12-18-7-6-9-20-5-2/h10-11,18H,4-9,12H2,1-3H3. The van der Waals surface area contributed by atoms with E-state index in [1.54, 1.807) is 13.2 Å². The number of hydrogen-bond acceptors (Lipinski definition) is 4. The predicted octanol–water partition coefficient (Wildman–Crippen LogP) is 3.65. The molecule has 0 aliphatic carbocycles. The lowest BCUT2D eigenvalue weighted by Gasteiger charge is -2.16. The second-order valence-electron chi connectivity index (χ2n) is 4.67. The molecule has 120 valence electrons. The average molecular weight is 316 g/mol. The van der Waals surface area contributed by atoms with E-state index >= 15 is 0 Å². The van der Waals surface area contributed by atoms with Crippen LogP contribution in [0.4, 0.5) is 0 Å². The summed E-state index contributed by atoms with van der Waals surface area (Å²) in [7, 11) is 1.63. The number of ether oxygens (including phenoxy) is 3. The minimum absolute atomic E-state index is 0.654. The molecule has 0 fully saturated rings. The third-order valence-corrected chi connectivity index (χ3v) is 3.15. The maximum atomic E-state index is 6.13. The number of benzene rings is 1. The molecule has 0 aliphatic heterocycles. The van der Waals surface area contributed by atoms with Gasteiger partial charge in [-0.1, -0.05) is 18.5 Å². The lowest BCUT2D eigenvalue weighted by atomic mass is 10.1. The van der Waals surface area contributed by atoms with Crippen LogP contribution in [-0.2, 0) is 11.3 Å². The van der Waals surface area contributed by atoms with Gasteiger partial charge in [-0.15, -0.1) is 0 Å². The van der Waals surface area contributed by atoms with Gasteiger partial charge in [0.1, 0.15) is 0 Å². The summed E-state index contributed by atoms with van der Waals surface area (Å²) in [4.78, 5) is 0. The number of rotatable bonds is 11. The molecule has 0 saturated heterocycles. The molecule has 0 amide bonds. The van der Waals surface area contributed by atoms with Gasteiger partial charge >= 0.3 is 0 Å². The predicted molar refractivity (Wildman–Crippen MR) is 86.6 cm³/mol. The Labute approximate surface area is 132 Å². The molecule has 0 spiro atoms. The highest BCUT2D eigenvalue weighted by Gasteiger charge is 2.12. The van der Waals surface area contributed by atoms with Gasteiger partial charge in [0.2, 0.25) is 0 Å². The average Bonchev–Trinajstić information content (AvgIpc) is 2.49. The SMILES string of the molecule is CCCOc1c(CNCCCOCC)cc(Cl)cc1OC. The Morgan fingerprint density at radius 2 is 2.00 bits per heavy atom. The third-order valence-electron chi connectivity index (χ3n) is 2.93. The van der Waals surface area contributed by atoms with Gasteiger partial charge in [0.05, 0.1) is 13.7 Å².